The molecule has 5 rings (SSSR count). The molecule has 0 aliphatic heterocycles. The molecule has 0 unspecified atom stereocenters. The molecule has 48 heavy (non-hydrogen) atoms. The van der Waals surface area contributed by atoms with Gasteiger partial charge in [-0.3, -0.25) is 0 Å². The summed E-state index contributed by atoms with van der Waals surface area (Å²) in [4.78, 5) is 13.0. The zero-order valence-electron chi connectivity index (χ0n) is 28.8. The van der Waals surface area contributed by atoms with Crippen LogP contribution in [0, 0.1) is 0 Å². The molecule has 246 valence electrons. The van der Waals surface area contributed by atoms with Crippen LogP contribution in [0.1, 0.15) is 81.8 Å². The number of anilines is 1. The van der Waals surface area contributed by atoms with E-state index in [4.69, 9.17) is 14.7 Å². The van der Waals surface area contributed by atoms with Crippen LogP contribution in [0.2, 0.25) is 0 Å². The van der Waals surface area contributed by atoms with Crippen LogP contribution in [0.15, 0.2) is 109 Å². The van der Waals surface area contributed by atoms with Crippen LogP contribution in [-0.4, -0.2) is 29.7 Å². The molecule has 0 saturated heterocycles. The standard InChI is InChI=1S/C44H49N3O/c1-4-7-8-15-34-48-40-28-22-36(23-29-40)25-31-42-44(38-18-13-10-14-19-38)45-41(43(46-42)37-16-11-9-12-17-37)30-24-35-20-26-39(27-21-35)47(32-5-2)33-6-3/h9-14,16-31H,4-8,15,32-34H2,1-3H3/b30-24+,31-25+. The lowest BCUT2D eigenvalue weighted by atomic mass is 10.0. The first-order valence-corrected chi connectivity index (χ1v) is 17.7. The summed E-state index contributed by atoms with van der Waals surface area (Å²) in [5.74, 6) is 0.907. The molecular weight excluding hydrogens is 587 g/mol. The average Bonchev–Trinajstić information content (AvgIpc) is 3.14. The van der Waals surface area contributed by atoms with Crippen molar-refractivity contribution >= 4 is 30.0 Å². The molecule has 0 N–H and O–H groups in total. The van der Waals surface area contributed by atoms with Gasteiger partial charge in [0.15, 0.2) is 0 Å². The van der Waals surface area contributed by atoms with Crippen LogP contribution in [0.4, 0.5) is 5.69 Å². The first-order chi connectivity index (χ1) is 23.7. The number of rotatable bonds is 17. The Labute approximate surface area is 287 Å². The lowest BCUT2D eigenvalue weighted by Crippen LogP contribution is -2.24. The van der Waals surface area contributed by atoms with Gasteiger partial charge in [-0.15, -0.1) is 0 Å². The Hall–Kier alpha value is -4.96. The van der Waals surface area contributed by atoms with E-state index >= 15 is 0 Å². The molecule has 0 aliphatic rings. The summed E-state index contributed by atoms with van der Waals surface area (Å²) in [6, 6.07) is 37.8. The zero-order valence-corrected chi connectivity index (χ0v) is 28.8. The molecule has 0 spiro atoms. The number of hydrogen-bond acceptors (Lipinski definition) is 4. The highest BCUT2D eigenvalue weighted by atomic mass is 16.5. The summed E-state index contributed by atoms with van der Waals surface area (Å²) < 4.78 is 5.96. The van der Waals surface area contributed by atoms with Crippen molar-refractivity contribution < 1.29 is 4.74 Å². The Kier molecular flexibility index (Phi) is 13.2. The van der Waals surface area contributed by atoms with Crippen molar-refractivity contribution in [1.82, 2.24) is 9.97 Å². The van der Waals surface area contributed by atoms with Crippen molar-refractivity contribution in [3.8, 4) is 28.3 Å². The molecular formula is C44H49N3O. The molecule has 0 bridgehead atoms. The Bertz CT molecular complexity index is 1720. The largest absolute Gasteiger partial charge is 0.494 e. The van der Waals surface area contributed by atoms with Gasteiger partial charge in [0.2, 0.25) is 0 Å². The van der Waals surface area contributed by atoms with Crippen molar-refractivity contribution in [2.24, 2.45) is 0 Å². The van der Waals surface area contributed by atoms with Crippen LogP contribution in [0.25, 0.3) is 46.8 Å². The molecule has 0 radical (unpaired) electrons. The number of nitrogens with zero attached hydrogens (tertiary/aromatic N) is 3. The maximum Gasteiger partial charge on any atom is 0.119 e. The van der Waals surface area contributed by atoms with E-state index in [9.17, 15) is 0 Å². The van der Waals surface area contributed by atoms with E-state index in [2.05, 4.69) is 123 Å². The smallest absolute Gasteiger partial charge is 0.119 e. The summed E-state index contributed by atoms with van der Waals surface area (Å²) in [7, 11) is 0. The monoisotopic (exact) mass is 635 g/mol. The van der Waals surface area contributed by atoms with Crippen molar-refractivity contribution in [2.45, 2.75) is 59.3 Å². The molecule has 4 nitrogen and oxygen atoms in total. The van der Waals surface area contributed by atoms with Gasteiger partial charge in [-0.1, -0.05) is 137 Å². The van der Waals surface area contributed by atoms with Crippen LogP contribution in [0.3, 0.4) is 0 Å². The zero-order chi connectivity index (χ0) is 33.4. The Morgan fingerprint density at radius 3 is 1.50 bits per heavy atom. The first-order valence-electron chi connectivity index (χ1n) is 17.7. The Morgan fingerprint density at radius 1 is 0.521 bits per heavy atom. The van der Waals surface area contributed by atoms with Crippen molar-refractivity contribution in [2.75, 3.05) is 24.6 Å². The normalized spacial score (nSPS) is 11.4. The number of ether oxygens (including phenoxy) is 1. The SMILES string of the molecule is CCCCCCOc1ccc(/C=C/c2nc(-c3ccccc3)c(/C=C/c3ccc(N(CCC)CCC)cc3)nc2-c2ccccc2)cc1. The minimum atomic E-state index is 0.760. The average molecular weight is 636 g/mol. The summed E-state index contributed by atoms with van der Waals surface area (Å²) in [6.07, 6.45) is 15.5. The third kappa shape index (κ3) is 9.78. The highest BCUT2D eigenvalue weighted by Crippen LogP contribution is 2.30. The maximum atomic E-state index is 5.96. The molecule has 1 aromatic heterocycles. The summed E-state index contributed by atoms with van der Waals surface area (Å²) in [5.41, 5.74) is 8.91. The summed E-state index contributed by atoms with van der Waals surface area (Å²) in [5, 5.41) is 0. The van der Waals surface area contributed by atoms with Crippen molar-refractivity contribution in [3.05, 3.63) is 132 Å². The Balaban J connectivity index is 1.46. The third-order valence-corrected chi connectivity index (χ3v) is 8.30. The van der Waals surface area contributed by atoms with Crippen LogP contribution < -0.4 is 9.64 Å². The predicted molar refractivity (Wildman–Crippen MR) is 206 cm³/mol. The second-order valence-electron chi connectivity index (χ2n) is 12.1. The third-order valence-electron chi connectivity index (χ3n) is 8.30. The molecule has 4 heteroatoms. The molecule has 0 saturated carbocycles. The van der Waals surface area contributed by atoms with Crippen LogP contribution in [0.5, 0.6) is 5.75 Å². The van der Waals surface area contributed by atoms with Crippen molar-refractivity contribution in [1.29, 1.82) is 0 Å². The summed E-state index contributed by atoms with van der Waals surface area (Å²) in [6.45, 7) is 9.60. The van der Waals surface area contributed by atoms with E-state index in [0.29, 0.717) is 0 Å². The molecule has 0 atom stereocenters. The van der Waals surface area contributed by atoms with Gasteiger partial charge in [-0.25, -0.2) is 9.97 Å². The molecule has 4 aromatic carbocycles. The highest BCUT2D eigenvalue weighted by Gasteiger charge is 2.14. The van der Waals surface area contributed by atoms with Gasteiger partial charge in [-0.05, 0) is 66.8 Å². The molecule has 1 heterocycles. The topological polar surface area (TPSA) is 38.2 Å². The minimum absolute atomic E-state index is 0.760. The van der Waals surface area contributed by atoms with E-state index in [0.717, 1.165) is 89.7 Å². The van der Waals surface area contributed by atoms with Gasteiger partial charge in [0.25, 0.3) is 0 Å². The second-order valence-corrected chi connectivity index (χ2v) is 12.1. The lowest BCUT2D eigenvalue weighted by Gasteiger charge is -2.23. The van der Waals surface area contributed by atoms with Crippen LogP contribution >= 0.6 is 0 Å². The fourth-order valence-electron chi connectivity index (χ4n) is 5.76. The highest BCUT2D eigenvalue weighted by molar-refractivity contribution is 5.83. The summed E-state index contributed by atoms with van der Waals surface area (Å²) >= 11 is 0. The fraction of sp³-hybridized carbons (Fsp3) is 0.273. The van der Waals surface area contributed by atoms with E-state index in [1.165, 1.54) is 24.9 Å². The second kappa shape index (κ2) is 18.4. The van der Waals surface area contributed by atoms with Gasteiger partial charge in [0.05, 0.1) is 29.4 Å². The van der Waals surface area contributed by atoms with Gasteiger partial charge in [0.1, 0.15) is 5.75 Å². The molecule has 5 aromatic rings. The lowest BCUT2D eigenvalue weighted by molar-refractivity contribution is 0.305. The number of hydrogen-bond donors (Lipinski definition) is 0. The number of aromatic nitrogens is 2. The minimum Gasteiger partial charge on any atom is -0.494 e. The first kappa shape index (κ1) is 34.4. The van der Waals surface area contributed by atoms with Gasteiger partial charge < -0.3 is 9.64 Å². The van der Waals surface area contributed by atoms with Gasteiger partial charge in [-0.2, -0.15) is 0 Å². The van der Waals surface area contributed by atoms with Crippen molar-refractivity contribution in [3.63, 3.8) is 0 Å². The maximum absolute atomic E-state index is 5.96. The molecule has 0 fully saturated rings. The van der Waals surface area contributed by atoms with E-state index in [1.807, 2.05) is 36.4 Å². The van der Waals surface area contributed by atoms with Crippen LogP contribution in [-0.2, 0) is 0 Å². The predicted octanol–water partition coefficient (Wildman–Crippen LogP) is 11.7. The molecule has 0 aliphatic carbocycles. The van der Waals surface area contributed by atoms with Gasteiger partial charge >= 0.3 is 0 Å². The Morgan fingerprint density at radius 2 is 1.02 bits per heavy atom. The quantitative estimate of drug-likeness (QED) is 0.0953. The molecule has 0 amide bonds. The van der Waals surface area contributed by atoms with Gasteiger partial charge in [0, 0.05) is 29.9 Å². The van der Waals surface area contributed by atoms with E-state index in [-0.39, 0.29) is 0 Å². The number of benzene rings is 4. The number of unbranched alkanes of at least 4 members (excludes halogenated alkanes) is 3. The fourth-order valence-corrected chi connectivity index (χ4v) is 5.76. The van der Waals surface area contributed by atoms with E-state index in [1.54, 1.807) is 0 Å². The van der Waals surface area contributed by atoms with E-state index < -0.39 is 0 Å².